The Bertz CT molecular complexity index is 666. The molecule has 0 amide bonds. The molecule has 0 aromatic heterocycles. The molecule has 2 N–H and O–H groups in total. The number of rotatable bonds is 3. The largest absolute Gasteiger partial charge is 0.478 e. The van der Waals surface area contributed by atoms with Gasteiger partial charge in [-0.15, -0.1) is 0 Å². The van der Waals surface area contributed by atoms with Gasteiger partial charge in [0.05, 0.1) is 5.56 Å². The van der Waals surface area contributed by atoms with Crippen LogP contribution >= 0.6 is 0 Å². The zero-order valence-electron chi connectivity index (χ0n) is 11.2. The third-order valence-corrected chi connectivity index (χ3v) is 2.74. The summed E-state index contributed by atoms with van der Waals surface area (Å²) < 4.78 is 0. The standard InChI is InChI=1S/C17H15NO2/c1-2-18-16-11-10-14(12-15(16)17(19)20)9-8-13-6-4-3-5-7-13/h3-7,10-12,18H,2H2,1H3,(H,19,20). The molecule has 20 heavy (non-hydrogen) atoms. The average molecular weight is 265 g/mol. The Morgan fingerprint density at radius 3 is 2.45 bits per heavy atom. The van der Waals surface area contributed by atoms with Gasteiger partial charge in [-0.05, 0) is 37.3 Å². The van der Waals surface area contributed by atoms with Crippen LogP contribution in [-0.2, 0) is 0 Å². The van der Waals surface area contributed by atoms with Gasteiger partial charge in [-0.3, -0.25) is 0 Å². The van der Waals surface area contributed by atoms with Crippen molar-refractivity contribution in [3.8, 4) is 11.8 Å². The van der Waals surface area contributed by atoms with Crippen LogP contribution < -0.4 is 5.32 Å². The first-order valence-electron chi connectivity index (χ1n) is 6.39. The van der Waals surface area contributed by atoms with Crippen molar-refractivity contribution in [3.05, 3.63) is 65.2 Å². The van der Waals surface area contributed by atoms with Crippen LogP contribution in [0.25, 0.3) is 0 Å². The number of hydrogen-bond acceptors (Lipinski definition) is 2. The van der Waals surface area contributed by atoms with Crippen molar-refractivity contribution in [1.82, 2.24) is 0 Å². The predicted molar refractivity (Wildman–Crippen MR) is 80.0 cm³/mol. The molecular weight excluding hydrogens is 250 g/mol. The van der Waals surface area contributed by atoms with Gasteiger partial charge >= 0.3 is 5.97 Å². The van der Waals surface area contributed by atoms with Gasteiger partial charge in [-0.2, -0.15) is 0 Å². The molecule has 0 aliphatic rings. The molecule has 3 nitrogen and oxygen atoms in total. The van der Waals surface area contributed by atoms with Crippen LogP contribution in [0.5, 0.6) is 0 Å². The molecule has 0 saturated heterocycles. The summed E-state index contributed by atoms with van der Waals surface area (Å²) in [4.78, 5) is 11.2. The lowest BCUT2D eigenvalue weighted by molar-refractivity contribution is 0.0698. The van der Waals surface area contributed by atoms with Gasteiger partial charge in [-0.1, -0.05) is 30.0 Å². The summed E-state index contributed by atoms with van der Waals surface area (Å²) in [5.74, 6) is 5.05. The van der Waals surface area contributed by atoms with E-state index in [0.29, 0.717) is 17.8 Å². The average Bonchev–Trinajstić information content (AvgIpc) is 2.47. The first-order chi connectivity index (χ1) is 9.70. The summed E-state index contributed by atoms with van der Waals surface area (Å²) in [5.41, 5.74) is 2.45. The zero-order valence-corrected chi connectivity index (χ0v) is 11.2. The highest BCUT2D eigenvalue weighted by Gasteiger charge is 2.09. The number of nitrogens with one attached hydrogen (secondary N) is 1. The minimum absolute atomic E-state index is 0.242. The minimum atomic E-state index is -0.954. The molecule has 0 heterocycles. The summed E-state index contributed by atoms with van der Waals surface area (Å²) >= 11 is 0. The Kier molecular flexibility index (Phi) is 4.41. The smallest absolute Gasteiger partial charge is 0.337 e. The molecule has 0 aliphatic heterocycles. The maximum Gasteiger partial charge on any atom is 0.337 e. The molecular formula is C17H15NO2. The van der Waals surface area contributed by atoms with E-state index in [4.69, 9.17) is 0 Å². The van der Waals surface area contributed by atoms with Gasteiger partial charge in [0.15, 0.2) is 0 Å². The van der Waals surface area contributed by atoms with Crippen molar-refractivity contribution in [2.75, 3.05) is 11.9 Å². The van der Waals surface area contributed by atoms with E-state index < -0.39 is 5.97 Å². The Labute approximate surface area is 118 Å². The fourth-order valence-electron chi connectivity index (χ4n) is 1.81. The molecule has 2 aromatic carbocycles. The Balaban J connectivity index is 2.33. The van der Waals surface area contributed by atoms with Gasteiger partial charge in [0, 0.05) is 23.4 Å². The minimum Gasteiger partial charge on any atom is -0.478 e. The second-order valence-electron chi connectivity index (χ2n) is 4.21. The monoisotopic (exact) mass is 265 g/mol. The second-order valence-corrected chi connectivity index (χ2v) is 4.21. The number of aromatic carboxylic acids is 1. The lowest BCUT2D eigenvalue weighted by Crippen LogP contribution is -2.06. The highest BCUT2D eigenvalue weighted by molar-refractivity contribution is 5.94. The van der Waals surface area contributed by atoms with Crippen LogP contribution in [0, 0.1) is 11.8 Å². The third kappa shape index (κ3) is 3.39. The fourth-order valence-corrected chi connectivity index (χ4v) is 1.81. The molecule has 100 valence electrons. The van der Waals surface area contributed by atoms with Crippen molar-refractivity contribution in [1.29, 1.82) is 0 Å². The quantitative estimate of drug-likeness (QED) is 0.838. The molecule has 0 saturated carbocycles. The van der Waals surface area contributed by atoms with Crippen molar-refractivity contribution in [3.63, 3.8) is 0 Å². The molecule has 2 aromatic rings. The molecule has 0 atom stereocenters. The van der Waals surface area contributed by atoms with E-state index in [1.54, 1.807) is 12.1 Å². The number of carbonyl (C=O) groups is 1. The molecule has 0 aliphatic carbocycles. The van der Waals surface area contributed by atoms with E-state index in [9.17, 15) is 9.90 Å². The van der Waals surface area contributed by atoms with Gasteiger partial charge in [-0.25, -0.2) is 4.79 Å². The Morgan fingerprint density at radius 1 is 1.10 bits per heavy atom. The molecule has 0 spiro atoms. The summed E-state index contributed by atoms with van der Waals surface area (Å²) in [5, 5.41) is 12.2. The fraction of sp³-hybridized carbons (Fsp3) is 0.118. The van der Waals surface area contributed by atoms with Crippen LogP contribution in [0.15, 0.2) is 48.5 Å². The van der Waals surface area contributed by atoms with E-state index in [1.165, 1.54) is 0 Å². The van der Waals surface area contributed by atoms with Gasteiger partial charge in [0.1, 0.15) is 0 Å². The summed E-state index contributed by atoms with van der Waals surface area (Å²) in [6.07, 6.45) is 0. The Hall–Kier alpha value is -2.73. The first-order valence-corrected chi connectivity index (χ1v) is 6.39. The topological polar surface area (TPSA) is 49.3 Å². The van der Waals surface area contributed by atoms with E-state index >= 15 is 0 Å². The highest BCUT2D eigenvalue weighted by atomic mass is 16.4. The molecule has 0 fully saturated rings. The lowest BCUT2D eigenvalue weighted by atomic mass is 10.1. The Morgan fingerprint density at radius 2 is 1.80 bits per heavy atom. The summed E-state index contributed by atoms with van der Waals surface area (Å²) in [6.45, 7) is 2.60. The number of benzene rings is 2. The van der Waals surface area contributed by atoms with Crippen molar-refractivity contribution in [2.24, 2.45) is 0 Å². The van der Waals surface area contributed by atoms with Crippen molar-refractivity contribution in [2.45, 2.75) is 6.92 Å². The van der Waals surface area contributed by atoms with E-state index in [0.717, 1.165) is 5.56 Å². The van der Waals surface area contributed by atoms with Crippen molar-refractivity contribution >= 4 is 11.7 Å². The third-order valence-electron chi connectivity index (χ3n) is 2.74. The van der Waals surface area contributed by atoms with Crippen LogP contribution in [0.1, 0.15) is 28.4 Å². The maximum absolute atomic E-state index is 11.2. The first kappa shape index (κ1) is 13.7. The number of hydrogen-bond donors (Lipinski definition) is 2. The molecule has 0 radical (unpaired) electrons. The lowest BCUT2D eigenvalue weighted by Gasteiger charge is -2.07. The molecule has 0 bridgehead atoms. The van der Waals surface area contributed by atoms with Crippen LogP contribution in [0.2, 0.25) is 0 Å². The van der Waals surface area contributed by atoms with Gasteiger partial charge < -0.3 is 10.4 Å². The normalized spacial score (nSPS) is 9.45. The number of carboxylic acid groups (broad SMARTS) is 1. The summed E-state index contributed by atoms with van der Waals surface area (Å²) in [7, 11) is 0. The van der Waals surface area contributed by atoms with Gasteiger partial charge in [0.2, 0.25) is 0 Å². The predicted octanol–water partition coefficient (Wildman–Crippen LogP) is 3.22. The van der Waals surface area contributed by atoms with Crippen LogP contribution in [0.3, 0.4) is 0 Å². The van der Waals surface area contributed by atoms with Crippen LogP contribution in [-0.4, -0.2) is 17.6 Å². The van der Waals surface area contributed by atoms with E-state index in [1.807, 2.05) is 43.3 Å². The van der Waals surface area contributed by atoms with Gasteiger partial charge in [0.25, 0.3) is 0 Å². The highest BCUT2D eigenvalue weighted by Crippen LogP contribution is 2.17. The van der Waals surface area contributed by atoms with E-state index in [-0.39, 0.29) is 5.56 Å². The van der Waals surface area contributed by atoms with E-state index in [2.05, 4.69) is 17.2 Å². The molecule has 3 heteroatoms. The van der Waals surface area contributed by atoms with Crippen LogP contribution in [0.4, 0.5) is 5.69 Å². The number of carboxylic acids is 1. The zero-order chi connectivity index (χ0) is 14.4. The maximum atomic E-state index is 11.2. The molecule has 2 rings (SSSR count). The van der Waals surface area contributed by atoms with Crippen molar-refractivity contribution < 1.29 is 9.90 Å². The second kappa shape index (κ2) is 6.44. The SMILES string of the molecule is CCNc1ccc(C#Cc2ccccc2)cc1C(=O)O. The molecule has 0 unspecified atom stereocenters. The summed E-state index contributed by atoms with van der Waals surface area (Å²) in [6, 6.07) is 14.8. The number of anilines is 1.